The Kier molecular flexibility index (Phi) is 5.15. The zero-order valence-electron chi connectivity index (χ0n) is 10.7. The lowest BCUT2D eigenvalue weighted by atomic mass is 9.74. The quantitative estimate of drug-likeness (QED) is 0.822. The first-order valence-electron chi connectivity index (χ1n) is 6.67. The van der Waals surface area contributed by atoms with Gasteiger partial charge in [0.2, 0.25) is 0 Å². The van der Waals surface area contributed by atoms with Crippen LogP contribution in [-0.2, 0) is 6.54 Å². The molecule has 0 unspecified atom stereocenters. The maximum atomic E-state index is 9.62. The fourth-order valence-electron chi connectivity index (χ4n) is 2.70. The van der Waals surface area contributed by atoms with Gasteiger partial charge >= 0.3 is 0 Å². The van der Waals surface area contributed by atoms with Crippen molar-refractivity contribution in [2.24, 2.45) is 5.41 Å². The molecule has 1 aliphatic rings. The van der Waals surface area contributed by atoms with Crippen LogP contribution in [-0.4, -0.2) is 23.2 Å². The first-order chi connectivity index (χ1) is 8.74. The molecule has 2 N–H and O–H groups in total. The highest BCUT2D eigenvalue weighted by atomic mass is 79.9. The monoisotopic (exact) mass is 312 g/mol. The van der Waals surface area contributed by atoms with Crippen LogP contribution in [0.4, 0.5) is 0 Å². The molecule has 0 radical (unpaired) electrons. The minimum Gasteiger partial charge on any atom is -0.396 e. The summed E-state index contributed by atoms with van der Waals surface area (Å²) in [5.41, 5.74) is 1.14. The molecule has 0 atom stereocenters. The van der Waals surface area contributed by atoms with Crippen molar-refractivity contribution in [2.75, 3.05) is 13.2 Å². The van der Waals surface area contributed by atoms with Crippen LogP contribution in [0.25, 0.3) is 0 Å². The number of nitrogens with one attached hydrogen (secondary N) is 1. The Hall–Kier alpha value is -0.450. The fraction of sp³-hybridized carbons (Fsp3) is 0.643. The van der Waals surface area contributed by atoms with E-state index in [0.29, 0.717) is 6.61 Å². The molecule has 0 saturated heterocycles. The number of aromatic nitrogens is 1. The molecule has 3 nitrogen and oxygen atoms in total. The van der Waals surface area contributed by atoms with Gasteiger partial charge in [-0.1, -0.05) is 25.3 Å². The van der Waals surface area contributed by atoms with Crippen LogP contribution >= 0.6 is 15.9 Å². The van der Waals surface area contributed by atoms with Crippen LogP contribution in [0, 0.1) is 5.41 Å². The first kappa shape index (κ1) is 14.0. The van der Waals surface area contributed by atoms with E-state index in [1.165, 1.54) is 19.3 Å². The molecule has 1 aromatic rings. The van der Waals surface area contributed by atoms with E-state index in [9.17, 15) is 5.11 Å². The molecule has 0 amide bonds. The second-order valence-electron chi connectivity index (χ2n) is 5.27. The standard InChI is InChI=1S/C14H21BrN2O/c15-13-6-4-5-12(17-13)9-16-10-14(11-18)7-2-1-3-8-14/h4-6,16,18H,1-3,7-11H2. The third-order valence-corrected chi connectivity index (χ3v) is 4.27. The molecule has 18 heavy (non-hydrogen) atoms. The number of halogens is 1. The zero-order valence-corrected chi connectivity index (χ0v) is 12.2. The average molecular weight is 313 g/mol. The van der Waals surface area contributed by atoms with Crippen molar-refractivity contribution in [3.63, 3.8) is 0 Å². The minimum atomic E-state index is 0.101. The van der Waals surface area contributed by atoms with Gasteiger partial charge in [0.25, 0.3) is 0 Å². The van der Waals surface area contributed by atoms with E-state index in [4.69, 9.17) is 0 Å². The third kappa shape index (κ3) is 3.77. The van der Waals surface area contributed by atoms with Gasteiger partial charge in [0.05, 0.1) is 5.69 Å². The van der Waals surface area contributed by atoms with Gasteiger partial charge in [0.1, 0.15) is 4.60 Å². The van der Waals surface area contributed by atoms with E-state index >= 15 is 0 Å². The van der Waals surface area contributed by atoms with Gasteiger partial charge in [-0.05, 0) is 40.9 Å². The highest BCUT2D eigenvalue weighted by Gasteiger charge is 2.30. The van der Waals surface area contributed by atoms with E-state index < -0.39 is 0 Å². The molecule has 0 aromatic carbocycles. The molecule has 0 bridgehead atoms. The Labute approximate surface area is 117 Å². The summed E-state index contributed by atoms with van der Waals surface area (Å²) < 4.78 is 0.872. The second kappa shape index (κ2) is 6.64. The maximum absolute atomic E-state index is 9.62. The van der Waals surface area contributed by atoms with Crippen LogP contribution in [0.1, 0.15) is 37.8 Å². The lowest BCUT2D eigenvalue weighted by Crippen LogP contribution is -2.38. The van der Waals surface area contributed by atoms with Crippen molar-refractivity contribution < 1.29 is 5.11 Å². The SMILES string of the molecule is OCC1(CNCc2cccc(Br)n2)CCCCC1. The summed E-state index contributed by atoms with van der Waals surface area (Å²) in [7, 11) is 0. The van der Waals surface area contributed by atoms with Crippen LogP contribution in [0.2, 0.25) is 0 Å². The fourth-order valence-corrected chi connectivity index (χ4v) is 3.08. The van der Waals surface area contributed by atoms with Gasteiger partial charge in [-0.15, -0.1) is 0 Å². The van der Waals surface area contributed by atoms with Crippen LogP contribution in [0.5, 0.6) is 0 Å². The third-order valence-electron chi connectivity index (χ3n) is 3.83. The largest absolute Gasteiger partial charge is 0.396 e. The number of hydrogen-bond acceptors (Lipinski definition) is 3. The van der Waals surface area contributed by atoms with Gasteiger partial charge in [0, 0.05) is 25.1 Å². The molecule has 1 heterocycles. The number of pyridine rings is 1. The van der Waals surface area contributed by atoms with Gasteiger partial charge in [-0.3, -0.25) is 0 Å². The maximum Gasteiger partial charge on any atom is 0.106 e. The molecular weight excluding hydrogens is 292 g/mol. The molecule has 1 aromatic heterocycles. The van der Waals surface area contributed by atoms with Crippen molar-refractivity contribution >= 4 is 15.9 Å². The summed E-state index contributed by atoms with van der Waals surface area (Å²) >= 11 is 3.38. The highest BCUT2D eigenvalue weighted by Crippen LogP contribution is 2.35. The number of hydrogen-bond donors (Lipinski definition) is 2. The van der Waals surface area contributed by atoms with Gasteiger partial charge in [-0.2, -0.15) is 0 Å². The van der Waals surface area contributed by atoms with E-state index in [1.807, 2.05) is 18.2 Å². The van der Waals surface area contributed by atoms with E-state index in [0.717, 1.165) is 36.2 Å². The summed E-state index contributed by atoms with van der Waals surface area (Å²) in [6.45, 7) is 1.95. The van der Waals surface area contributed by atoms with Crippen LogP contribution in [0.3, 0.4) is 0 Å². The lowest BCUT2D eigenvalue weighted by Gasteiger charge is -2.35. The van der Waals surface area contributed by atoms with Crippen molar-refractivity contribution in [3.05, 3.63) is 28.5 Å². The topological polar surface area (TPSA) is 45.1 Å². The van der Waals surface area contributed by atoms with Gasteiger partial charge in [0.15, 0.2) is 0 Å². The van der Waals surface area contributed by atoms with Crippen molar-refractivity contribution in [2.45, 2.75) is 38.6 Å². The van der Waals surface area contributed by atoms with Gasteiger partial charge in [-0.25, -0.2) is 4.98 Å². The van der Waals surface area contributed by atoms with Crippen molar-refractivity contribution in [3.8, 4) is 0 Å². The molecular formula is C14H21BrN2O. The lowest BCUT2D eigenvalue weighted by molar-refractivity contribution is 0.0810. The molecule has 0 aliphatic heterocycles. The Morgan fingerprint density at radius 2 is 2.06 bits per heavy atom. The molecule has 1 fully saturated rings. The molecule has 1 aliphatic carbocycles. The Morgan fingerprint density at radius 3 is 2.72 bits per heavy atom. The summed E-state index contributed by atoms with van der Waals surface area (Å²) in [5, 5.41) is 13.1. The average Bonchev–Trinajstić information content (AvgIpc) is 2.40. The van der Waals surface area contributed by atoms with Gasteiger partial charge < -0.3 is 10.4 Å². The van der Waals surface area contributed by atoms with E-state index in [1.54, 1.807) is 0 Å². The summed E-state index contributed by atoms with van der Waals surface area (Å²) in [4.78, 5) is 4.40. The molecule has 100 valence electrons. The predicted molar refractivity (Wildman–Crippen MR) is 76.2 cm³/mol. The Bertz CT molecular complexity index is 378. The molecule has 0 spiro atoms. The summed E-state index contributed by atoms with van der Waals surface area (Å²) in [6.07, 6.45) is 6.09. The summed E-state index contributed by atoms with van der Waals surface area (Å²) in [6, 6.07) is 5.95. The molecule has 2 rings (SSSR count). The normalized spacial score (nSPS) is 18.8. The molecule has 1 saturated carbocycles. The minimum absolute atomic E-state index is 0.101. The van der Waals surface area contributed by atoms with Crippen molar-refractivity contribution in [1.29, 1.82) is 0 Å². The van der Waals surface area contributed by atoms with Crippen LogP contribution in [0.15, 0.2) is 22.8 Å². The number of aliphatic hydroxyl groups is 1. The second-order valence-corrected chi connectivity index (χ2v) is 6.09. The highest BCUT2D eigenvalue weighted by molar-refractivity contribution is 9.10. The molecule has 4 heteroatoms. The smallest absolute Gasteiger partial charge is 0.106 e. The van der Waals surface area contributed by atoms with Crippen molar-refractivity contribution in [1.82, 2.24) is 10.3 Å². The first-order valence-corrected chi connectivity index (χ1v) is 7.46. The number of rotatable bonds is 5. The van der Waals surface area contributed by atoms with E-state index in [2.05, 4.69) is 26.2 Å². The Balaban J connectivity index is 1.83. The van der Waals surface area contributed by atoms with Crippen LogP contribution < -0.4 is 5.32 Å². The number of nitrogens with zero attached hydrogens (tertiary/aromatic N) is 1. The number of aliphatic hydroxyl groups excluding tert-OH is 1. The zero-order chi connectivity index (χ0) is 12.8. The summed E-state index contributed by atoms with van der Waals surface area (Å²) in [5.74, 6) is 0. The predicted octanol–water partition coefficient (Wildman–Crippen LogP) is 2.88. The Morgan fingerprint density at radius 1 is 1.28 bits per heavy atom. The van der Waals surface area contributed by atoms with E-state index in [-0.39, 0.29) is 5.41 Å².